The van der Waals surface area contributed by atoms with Gasteiger partial charge in [0.25, 0.3) is 0 Å². The molecule has 1 heterocycles. The molecule has 0 radical (unpaired) electrons. The quantitative estimate of drug-likeness (QED) is 0.793. The van der Waals surface area contributed by atoms with Crippen LogP contribution in [0.2, 0.25) is 0 Å². The van der Waals surface area contributed by atoms with Crippen LogP contribution < -0.4 is 5.73 Å². The van der Waals surface area contributed by atoms with Crippen molar-refractivity contribution in [1.29, 1.82) is 0 Å². The maximum Gasteiger partial charge on any atom is 0.410 e. The van der Waals surface area contributed by atoms with E-state index in [-0.39, 0.29) is 18.5 Å². The van der Waals surface area contributed by atoms with Crippen molar-refractivity contribution in [3.8, 4) is 0 Å². The van der Waals surface area contributed by atoms with Crippen LogP contribution in [-0.2, 0) is 4.74 Å². The maximum absolute atomic E-state index is 11.5. The molecule has 0 atom stereocenters. The molecular formula is C10H21ClN2O2. The summed E-state index contributed by atoms with van der Waals surface area (Å²) in [5.41, 5.74) is 5.03. The molecular weight excluding hydrogens is 216 g/mol. The molecule has 1 fully saturated rings. The molecule has 0 aromatic heterocycles. The number of hydrogen-bond donors (Lipinski definition) is 1. The number of hydrogen-bond acceptors (Lipinski definition) is 3. The van der Waals surface area contributed by atoms with Crippen LogP contribution in [0.3, 0.4) is 0 Å². The highest BCUT2D eigenvalue weighted by atomic mass is 35.5. The molecule has 1 amide bonds. The Hall–Kier alpha value is -0.480. The third-order valence-corrected chi connectivity index (χ3v) is 2.18. The molecule has 15 heavy (non-hydrogen) atoms. The molecule has 0 aliphatic carbocycles. The molecule has 1 aliphatic rings. The second kappa shape index (κ2) is 5.56. The first-order valence-corrected chi connectivity index (χ1v) is 5.10. The molecule has 0 unspecified atom stereocenters. The summed E-state index contributed by atoms with van der Waals surface area (Å²) < 4.78 is 5.22. The highest BCUT2D eigenvalue weighted by molar-refractivity contribution is 5.85. The Bertz CT molecular complexity index is 210. The summed E-state index contributed by atoms with van der Waals surface area (Å²) in [5.74, 6) is 0.576. The number of carbonyl (C=O) groups is 1. The smallest absolute Gasteiger partial charge is 0.410 e. The zero-order chi connectivity index (χ0) is 10.8. The van der Waals surface area contributed by atoms with E-state index in [0.717, 1.165) is 19.5 Å². The van der Waals surface area contributed by atoms with E-state index in [2.05, 4.69) is 0 Å². The Morgan fingerprint density at radius 1 is 1.47 bits per heavy atom. The largest absolute Gasteiger partial charge is 0.444 e. The molecule has 5 heteroatoms. The molecule has 2 N–H and O–H groups in total. The van der Waals surface area contributed by atoms with Gasteiger partial charge in [-0.05, 0) is 39.7 Å². The van der Waals surface area contributed by atoms with E-state index in [4.69, 9.17) is 10.5 Å². The van der Waals surface area contributed by atoms with Gasteiger partial charge in [-0.15, -0.1) is 12.4 Å². The number of carbonyl (C=O) groups excluding carboxylic acids is 1. The summed E-state index contributed by atoms with van der Waals surface area (Å²) >= 11 is 0. The minimum Gasteiger partial charge on any atom is -0.444 e. The molecule has 90 valence electrons. The number of likely N-dealkylation sites (tertiary alicyclic amines) is 1. The lowest BCUT2D eigenvalue weighted by atomic mass is 9.97. The Kier molecular flexibility index (Phi) is 5.38. The van der Waals surface area contributed by atoms with E-state index in [0.29, 0.717) is 12.5 Å². The minimum atomic E-state index is -0.393. The predicted molar refractivity (Wildman–Crippen MR) is 62.2 cm³/mol. The zero-order valence-electron chi connectivity index (χ0n) is 9.66. The number of rotatable bonds is 2. The monoisotopic (exact) mass is 236 g/mol. The fourth-order valence-electron chi connectivity index (χ4n) is 1.46. The lowest BCUT2D eigenvalue weighted by molar-refractivity contribution is -0.00174. The summed E-state index contributed by atoms with van der Waals surface area (Å²) in [6.45, 7) is 7.93. The van der Waals surface area contributed by atoms with Crippen LogP contribution in [0.4, 0.5) is 4.79 Å². The fourth-order valence-corrected chi connectivity index (χ4v) is 1.46. The first kappa shape index (κ1) is 14.5. The number of nitrogens with zero attached hydrogens (tertiary/aromatic N) is 1. The Morgan fingerprint density at radius 2 is 2.00 bits per heavy atom. The number of ether oxygens (including phenoxy) is 1. The Labute approximate surface area is 97.5 Å². The predicted octanol–water partition coefficient (Wildman–Crippen LogP) is 1.62. The lowest BCUT2D eigenvalue weighted by Gasteiger charge is -2.39. The van der Waals surface area contributed by atoms with Crippen LogP contribution in [0.15, 0.2) is 0 Å². The van der Waals surface area contributed by atoms with Crippen molar-refractivity contribution >= 4 is 18.5 Å². The average molecular weight is 237 g/mol. The number of nitrogens with two attached hydrogens (primary N) is 1. The van der Waals surface area contributed by atoms with Gasteiger partial charge in [0, 0.05) is 13.1 Å². The van der Waals surface area contributed by atoms with Crippen molar-refractivity contribution in [2.24, 2.45) is 11.7 Å². The number of halogens is 1. The first-order valence-electron chi connectivity index (χ1n) is 5.10. The van der Waals surface area contributed by atoms with Crippen molar-refractivity contribution in [1.82, 2.24) is 4.90 Å². The Morgan fingerprint density at radius 3 is 2.40 bits per heavy atom. The van der Waals surface area contributed by atoms with Crippen molar-refractivity contribution in [3.63, 3.8) is 0 Å². The van der Waals surface area contributed by atoms with Gasteiger partial charge in [0.15, 0.2) is 0 Å². The summed E-state index contributed by atoms with van der Waals surface area (Å²) in [6.07, 6.45) is 0.796. The molecule has 1 rings (SSSR count). The van der Waals surface area contributed by atoms with E-state index < -0.39 is 5.60 Å². The van der Waals surface area contributed by atoms with Gasteiger partial charge in [0.05, 0.1) is 0 Å². The molecule has 0 spiro atoms. The van der Waals surface area contributed by atoms with E-state index in [9.17, 15) is 4.79 Å². The molecule has 0 aromatic carbocycles. The van der Waals surface area contributed by atoms with Gasteiger partial charge in [-0.25, -0.2) is 4.79 Å². The minimum absolute atomic E-state index is 0. The maximum atomic E-state index is 11.5. The third-order valence-electron chi connectivity index (χ3n) is 2.18. The SMILES string of the molecule is CC(C)(C)OC(=O)N1CC(CCN)C1.Cl. The van der Waals surface area contributed by atoms with Crippen molar-refractivity contribution in [3.05, 3.63) is 0 Å². The standard InChI is InChI=1S/C10H20N2O2.ClH/c1-10(2,3)14-9(13)12-6-8(7-12)4-5-11;/h8H,4-7,11H2,1-3H3;1H. The van der Waals surface area contributed by atoms with Gasteiger partial charge < -0.3 is 15.4 Å². The van der Waals surface area contributed by atoms with Crippen LogP contribution in [0, 0.1) is 5.92 Å². The van der Waals surface area contributed by atoms with E-state index in [1.54, 1.807) is 4.90 Å². The van der Waals surface area contributed by atoms with Crippen LogP contribution in [-0.4, -0.2) is 36.2 Å². The van der Waals surface area contributed by atoms with Gasteiger partial charge in [-0.3, -0.25) is 0 Å². The van der Waals surface area contributed by atoms with Crippen molar-refractivity contribution < 1.29 is 9.53 Å². The van der Waals surface area contributed by atoms with Crippen LogP contribution in [0.5, 0.6) is 0 Å². The van der Waals surface area contributed by atoms with Gasteiger partial charge >= 0.3 is 6.09 Å². The van der Waals surface area contributed by atoms with E-state index >= 15 is 0 Å². The third kappa shape index (κ3) is 4.71. The van der Waals surface area contributed by atoms with Crippen LogP contribution in [0.25, 0.3) is 0 Å². The van der Waals surface area contributed by atoms with Crippen LogP contribution >= 0.6 is 12.4 Å². The van der Waals surface area contributed by atoms with E-state index in [1.807, 2.05) is 20.8 Å². The van der Waals surface area contributed by atoms with Crippen molar-refractivity contribution in [2.75, 3.05) is 19.6 Å². The Balaban J connectivity index is 0.00000196. The van der Waals surface area contributed by atoms with Gasteiger partial charge in [0.1, 0.15) is 5.60 Å². The van der Waals surface area contributed by atoms with E-state index in [1.165, 1.54) is 0 Å². The van der Waals surface area contributed by atoms with Gasteiger partial charge in [0.2, 0.25) is 0 Å². The zero-order valence-corrected chi connectivity index (χ0v) is 10.5. The highest BCUT2D eigenvalue weighted by Crippen LogP contribution is 2.21. The summed E-state index contributed by atoms with van der Waals surface area (Å²) in [5, 5.41) is 0. The second-order valence-corrected chi connectivity index (χ2v) is 4.83. The van der Waals surface area contributed by atoms with Gasteiger partial charge in [-0.1, -0.05) is 0 Å². The molecule has 0 saturated carbocycles. The molecule has 4 nitrogen and oxygen atoms in total. The summed E-state index contributed by atoms with van der Waals surface area (Å²) in [7, 11) is 0. The molecule has 1 saturated heterocycles. The topological polar surface area (TPSA) is 55.6 Å². The lowest BCUT2D eigenvalue weighted by Crippen LogP contribution is -2.52. The molecule has 0 aromatic rings. The van der Waals surface area contributed by atoms with Crippen LogP contribution in [0.1, 0.15) is 27.2 Å². The van der Waals surface area contributed by atoms with Crippen molar-refractivity contribution in [2.45, 2.75) is 32.8 Å². The average Bonchev–Trinajstić information content (AvgIpc) is 1.91. The highest BCUT2D eigenvalue weighted by Gasteiger charge is 2.32. The number of amides is 1. The summed E-state index contributed by atoms with van der Waals surface area (Å²) in [4.78, 5) is 13.2. The fraction of sp³-hybridized carbons (Fsp3) is 0.900. The molecule has 0 bridgehead atoms. The normalized spacial score (nSPS) is 16.7. The second-order valence-electron chi connectivity index (χ2n) is 4.83. The van der Waals surface area contributed by atoms with Gasteiger partial charge in [-0.2, -0.15) is 0 Å². The molecule has 1 aliphatic heterocycles. The summed E-state index contributed by atoms with van der Waals surface area (Å²) in [6, 6.07) is 0. The first-order chi connectivity index (χ1) is 6.42.